The Balaban J connectivity index is 2.63. The van der Waals surface area contributed by atoms with Crippen LogP contribution in [0.3, 0.4) is 0 Å². The maximum atomic E-state index is 13.5. The molecule has 0 heterocycles. The minimum absolute atomic E-state index is 0.321. The third-order valence-electron chi connectivity index (χ3n) is 3.44. The second-order valence-corrected chi connectivity index (χ2v) is 4.96. The molecule has 2 nitrogen and oxygen atoms in total. The molecule has 3 N–H and O–H groups in total. The van der Waals surface area contributed by atoms with Gasteiger partial charge in [0.1, 0.15) is 0 Å². The Bertz CT molecular complexity index is 401. The van der Waals surface area contributed by atoms with E-state index in [4.69, 9.17) is 17.3 Å². The van der Waals surface area contributed by atoms with Gasteiger partial charge in [-0.05, 0) is 31.4 Å². The van der Waals surface area contributed by atoms with Gasteiger partial charge in [0.25, 0.3) is 0 Å². The fourth-order valence-corrected chi connectivity index (χ4v) is 2.76. The Morgan fingerprint density at radius 2 is 2.00 bits per heavy atom. The molecule has 0 saturated heterocycles. The number of nitrogens with two attached hydrogens (primary N) is 1. The SMILES string of the molecule is Cc1c(Cl)cc(F)c(O)c1C1(N)CCCC1. The van der Waals surface area contributed by atoms with Crippen molar-refractivity contribution in [2.75, 3.05) is 0 Å². The average Bonchev–Trinajstić information content (AvgIpc) is 2.63. The quantitative estimate of drug-likeness (QED) is 0.796. The van der Waals surface area contributed by atoms with E-state index in [1.54, 1.807) is 6.92 Å². The molecule has 0 aromatic heterocycles. The zero-order valence-corrected chi connectivity index (χ0v) is 9.94. The summed E-state index contributed by atoms with van der Waals surface area (Å²) in [4.78, 5) is 0. The highest BCUT2D eigenvalue weighted by Gasteiger charge is 2.36. The molecule has 1 saturated carbocycles. The molecule has 0 unspecified atom stereocenters. The summed E-state index contributed by atoms with van der Waals surface area (Å²) >= 11 is 5.92. The lowest BCUT2D eigenvalue weighted by molar-refractivity contribution is 0.384. The van der Waals surface area contributed by atoms with Crippen LogP contribution in [0.5, 0.6) is 5.75 Å². The highest BCUT2D eigenvalue weighted by molar-refractivity contribution is 6.31. The van der Waals surface area contributed by atoms with Crippen molar-refractivity contribution in [1.29, 1.82) is 0 Å². The maximum absolute atomic E-state index is 13.5. The number of phenols is 1. The van der Waals surface area contributed by atoms with Crippen LogP contribution < -0.4 is 5.73 Å². The van der Waals surface area contributed by atoms with Crippen LogP contribution in [-0.4, -0.2) is 5.11 Å². The van der Waals surface area contributed by atoms with Gasteiger partial charge in [-0.1, -0.05) is 24.4 Å². The van der Waals surface area contributed by atoms with Crippen molar-refractivity contribution in [1.82, 2.24) is 0 Å². The Morgan fingerprint density at radius 1 is 1.44 bits per heavy atom. The summed E-state index contributed by atoms with van der Waals surface area (Å²) < 4.78 is 13.5. The van der Waals surface area contributed by atoms with Gasteiger partial charge in [0.05, 0.1) is 0 Å². The summed E-state index contributed by atoms with van der Waals surface area (Å²) in [6.45, 7) is 1.77. The summed E-state index contributed by atoms with van der Waals surface area (Å²) in [5.41, 5.74) is 6.78. The van der Waals surface area contributed by atoms with E-state index in [1.165, 1.54) is 0 Å². The normalized spacial score (nSPS) is 19.0. The van der Waals surface area contributed by atoms with Gasteiger partial charge in [-0.2, -0.15) is 0 Å². The molecule has 4 heteroatoms. The van der Waals surface area contributed by atoms with Crippen LogP contribution in [0, 0.1) is 12.7 Å². The van der Waals surface area contributed by atoms with Gasteiger partial charge in [-0.15, -0.1) is 0 Å². The molecule has 1 aliphatic carbocycles. The summed E-state index contributed by atoms with van der Waals surface area (Å²) in [5, 5.41) is 10.1. The Labute approximate surface area is 99.2 Å². The van der Waals surface area contributed by atoms with E-state index in [0.717, 1.165) is 31.7 Å². The molecule has 0 radical (unpaired) electrons. The van der Waals surface area contributed by atoms with Crippen LogP contribution in [0.1, 0.15) is 36.8 Å². The first-order chi connectivity index (χ1) is 7.46. The summed E-state index contributed by atoms with van der Waals surface area (Å²) in [7, 11) is 0. The molecule has 2 rings (SSSR count). The highest BCUT2D eigenvalue weighted by Crippen LogP contribution is 2.44. The topological polar surface area (TPSA) is 46.2 Å². The lowest BCUT2D eigenvalue weighted by atomic mass is 9.85. The summed E-state index contributed by atoms with van der Waals surface area (Å²) in [6, 6.07) is 1.13. The van der Waals surface area contributed by atoms with Gasteiger partial charge in [-0.3, -0.25) is 0 Å². The minimum Gasteiger partial charge on any atom is -0.505 e. The average molecular weight is 244 g/mol. The van der Waals surface area contributed by atoms with Crippen LogP contribution in [0.4, 0.5) is 4.39 Å². The number of rotatable bonds is 1. The van der Waals surface area contributed by atoms with Crippen molar-refractivity contribution in [3.05, 3.63) is 28.0 Å². The molecule has 88 valence electrons. The summed E-state index contributed by atoms with van der Waals surface area (Å²) in [5.74, 6) is -1.03. The minimum atomic E-state index is -0.692. The second kappa shape index (κ2) is 3.90. The molecule has 0 aliphatic heterocycles. The van der Waals surface area contributed by atoms with Crippen LogP contribution in [0.2, 0.25) is 5.02 Å². The van der Waals surface area contributed by atoms with Crippen molar-refractivity contribution in [2.45, 2.75) is 38.1 Å². The molecule has 1 fully saturated rings. The van der Waals surface area contributed by atoms with Crippen LogP contribution >= 0.6 is 11.6 Å². The third-order valence-corrected chi connectivity index (χ3v) is 3.84. The first-order valence-electron chi connectivity index (χ1n) is 5.42. The first kappa shape index (κ1) is 11.7. The van der Waals surface area contributed by atoms with E-state index in [-0.39, 0.29) is 5.75 Å². The van der Waals surface area contributed by atoms with Gasteiger partial charge in [0.15, 0.2) is 11.6 Å². The number of hydrogen-bond donors (Lipinski definition) is 2. The Kier molecular flexibility index (Phi) is 2.84. The van der Waals surface area contributed by atoms with Crippen LogP contribution in [0.25, 0.3) is 0 Å². The monoisotopic (exact) mass is 243 g/mol. The zero-order valence-electron chi connectivity index (χ0n) is 9.19. The van der Waals surface area contributed by atoms with Gasteiger partial charge < -0.3 is 10.8 Å². The van der Waals surface area contributed by atoms with E-state index < -0.39 is 11.4 Å². The Morgan fingerprint density at radius 3 is 2.56 bits per heavy atom. The number of aromatic hydroxyl groups is 1. The first-order valence-corrected chi connectivity index (χ1v) is 5.80. The Hall–Kier alpha value is -0.800. The number of hydrogen-bond acceptors (Lipinski definition) is 2. The standard InChI is InChI=1S/C12H15ClFNO/c1-7-8(13)6-9(14)11(16)10(7)12(15)4-2-3-5-12/h6,16H,2-5,15H2,1H3. The zero-order chi connectivity index (χ0) is 11.9. The lowest BCUT2D eigenvalue weighted by Gasteiger charge is -2.27. The lowest BCUT2D eigenvalue weighted by Crippen LogP contribution is -2.34. The fraction of sp³-hybridized carbons (Fsp3) is 0.500. The molecule has 1 aromatic carbocycles. The molecular formula is C12H15ClFNO. The molecular weight excluding hydrogens is 229 g/mol. The number of benzene rings is 1. The number of halogens is 2. The van der Waals surface area contributed by atoms with Crippen molar-refractivity contribution in [2.24, 2.45) is 5.73 Å². The van der Waals surface area contributed by atoms with E-state index in [0.29, 0.717) is 16.1 Å². The van der Waals surface area contributed by atoms with Gasteiger partial charge in [0, 0.05) is 16.1 Å². The third kappa shape index (κ3) is 1.68. The predicted molar refractivity (Wildman–Crippen MR) is 62.1 cm³/mol. The van der Waals surface area contributed by atoms with Gasteiger partial charge >= 0.3 is 0 Å². The smallest absolute Gasteiger partial charge is 0.166 e. The molecule has 0 spiro atoms. The van der Waals surface area contributed by atoms with Gasteiger partial charge in [0.2, 0.25) is 0 Å². The van der Waals surface area contributed by atoms with Crippen molar-refractivity contribution in [3.63, 3.8) is 0 Å². The molecule has 1 aromatic rings. The molecule has 0 bridgehead atoms. The highest BCUT2D eigenvalue weighted by atomic mass is 35.5. The fourth-order valence-electron chi connectivity index (χ4n) is 2.57. The largest absolute Gasteiger partial charge is 0.505 e. The van der Waals surface area contributed by atoms with Crippen molar-refractivity contribution < 1.29 is 9.50 Å². The maximum Gasteiger partial charge on any atom is 0.166 e. The van der Waals surface area contributed by atoms with Crippen LogP contribution in [-0.2, 0) is 5.54 Å². The molecule has 0 atom stereocenters. The van der Waals surface area contributed by atoms with Crippen LogP contribution in [0.15, 0.2) is 6.07 Å². The molecule has 1 aliphatic rings. The van der Waals surface area contributed by atoms with E-state index >= 15 is 0 Å². The van der Waals surface area contributed by atoms with E-state index in [2.05, 4.69) is 0 Å². The number of phenolic OH excluding ortho intramolecular Hbond substituents is 1. The van der Waals surface area contributed by atoms with E-state index in [1.807, 2.05) is 0 Å². The van der Waals surface area contributed by atoms with Gasteiger partial charge in [-0.25, -0.2) is 4.39 Å². The molecule has 0 amide bonds. The van der Waals surface area contributed by atoms with E-state index in [9.17, 15) is 9.50 Å². The predicted octanol–water partition coefficient (Wildman–Crippen LogP) is 3.22. The molecule has 16 heavy (non-hydrogen) atoms. The second-order valence-electron chi connectivity index (χ2n) is 4.55. The van der Waals surface area contributed by atoms with Crippen molar-refractivity contribution >= 4 is 11.6 Å². The summed E-state index contributed by atoms with van der Waals surface area (Å²) in [6.07, 6.45) is 3.54. The van der Waals surface area contributed by atoms with Crippen molar-refractivity contribution in [3.8, 4) is 5.75 Å².